The SMILES string of the molecule is O=C(O)CNC(=O)C1=C(O)C2(CCCC2)CN(Cc2ccc(-c3ccccc3)cc2)C1=O. The van der Waals surface area contributed by atoms with Gasteiger partial charge in [0.2, 0.25) is 0 Å². The molecule has 1 fully saturated rings. The lowest BCUT2D eigenvalue weighted by atomic mass is 9.78. The number of carbonyl (C=O) groups is 3. The molecule has 4 rings (SSSR count). The van der Waals surface area contributed by atoms with Crippen LogP contribution in [0.15, 0.2) is 65.9 Å². The lowest BCUT2D eigenvalue weighted by Crippen LogP contribution is -2.50. The summed E-state index contributed by atoms with van der Waals surface area (Å²) in [6.45, 7) is 0.0311. The zero-order valence-electron chi connectivity index (χ0n) is 17.7. The highest BCUT2D eigenvalue weighted by Crippen LogP contribution is 2.47. The quantitative estimate of drug-likeness (QED) is 0.605. The van der Waals surface area contributed by atoms with Crippen molar-refractivity contribution >= 4 is 17.8 Å². The minimum Gasteiger partial charge on any atom is -0.511 e. The predicted octanol–water partition coefficient (Wildman–Crippen LogP) is 3.27. The highest BCUT2D eigenvalue weighted by molar-refractivity contribution is 6.19. The van der Waals surface area contributed by atoms with Gasteiger partial charge in [0.15, 0.2) is 0 Å². The molecule has 1 saturated carbocycles. The van der Waals surface area contributed by atoms with E-state index in [4.69, 9.17) is 5.11 Å². The van der Waals surface area contributed by atoms with Crippen LogP contribution in [0.5, 0.6) is 0 Å². The first kappa shape index (κ1) is 21.6. The van der Waals surface area contributed by atoms with Crippen LogP contribution in [0.1, 0.15) is 31.2 Å². The summed E-state index contributed by atoms with van der Waals surface area (Å²) in [5.74, 6) is -2.83. The van der Waals surface area contributed by atoms with Crippen molar-refractivity contribution in [3.63, 3.8) is 0 Å². The summed E-state index contributed by atoms with van der Waals surface area (Å²) >= 11 is 0. The van der Waals surface area contributed by atoms with Crippen LogP contribution in [-0.4, -0.2) is 46.0 Å². The molecule has 2 aromatic carbocycles. The molecule has 32 heavy (non-hydrogen) atoms. The van der Waals surface area contributed by atoms with Gasteiger partial charge in [-0.25, -0.2) is 0 Å². The molecular weight excluding hydrogens is 408 g/mol. The van der Waals surface area contributed by atoms with Gasteiger partial charge in [-0.2, -0.15) is 0 Å². The topological polar surface area (TPSA) is 107 Å². The average Bonchev–Trinajstić information content (AvgIpc) is 3.27. The third kappa shape index (κ3) is 4.23. The number of hydrogen-bond acceptors (Lipinski definition) is 4. The Morgan fingerprint density at radius 3 is 2.22 bits per heavy atom. The van der Waals surface area contributed by atoms with Crippen molar-refractivity contribution in [2.45, 2.75) is 32.2 Å². The first-order valence-electron chi connectivity index (χ1n) is 10.8. The standard InChI is InChI=1S/C25H26N2O5/c28-20(29)14-26-23(31)21-22(30)25(12-4-5-13-25)16-27(24(21)32)15-17-8-10-19(11-9-17)18-6-2-1-3-7-18/h1-3,6-11,30H,4-5,12-16H2,(H,26,31)(H,28,29). The highest BCUT2D eigenvalue weighted by atomic mass is 16.4. The van der Waals surface area contributed by atoms with E-state index in [1.54, 1.807) is 4.90 Å². The van der Waals surface area contributed by atoms with E-state index in [-0.39, 0.29) is 11.3 Å². The van der Waals surface area contributed by atoms with Crippen LogP contribution in [0.4, 0.5) is 0 Å². The smallest absolute Gasteiger partial charge is 0.322 e. The fourth-order valence-electron chi connectivity index (χ4n) is 4.71. The Hall–Kier alpha value is -3.61. The van der Waals surface area contributed by atoms with Gasteiger partial charge in [-0.1, -0.05) is 67.4 Å². The Morgan fingerprint density at radius 1 is 0.969 bits per heavy atom. The molecule has 1 heterocycles. The van der Waals surface area contributed by atoms with Crippen molar-refractivity contribution in [3.8, 4) is 11.1 Å². The van der Waals surface area contributed by atoms with Gasteiger partial charge in [0, 0.05) is 18.5 Å². The van der Waals surface area contributed by atoms with Crippen LogP contribution in [0.3, 0.4) is 0 Å². The molecule has 0 atom stereocenters. The minimum atomic E-state index is -1.22. The van der Waals surface area contributed by atoms with E-state index in [1.807, 2.05) is 54.6 Å². The molecule has 7 nitrogen and oxygen atoms in total. The molecule has 0 bridgehead atoms. The van der Waals surface area contributed by atoms with Gasteiger partial charge in [0.25, 0.3) is 11.8 Å². The molecule has 3 N–H and O–H groups in total. The maximum atomic E-state index is 13.2. The fourth-order valence-corrected chi connectivity index (χ4v) is 4.71. The second kappa shape index (κ2) is 8.86. The van der Waals surface area contributed by atoms with E-state index in [2.05, 4.69) is 5.32 Å². The molecule has 7 heteroatoms. The van der Waals surface area contributed by atoms with Crippen LogP contribution in [0, 0.1) is 5.41 Å². The molecule has 1 aliphatic carbocycles. The van der Waals surface area contributed by atoms with Gasteiger partial charge in [0.1, 0.15) is 17.9 Å². The second-order valence-corrected chi connectivity index (χ2v) is 8.51. The third-order valence-electron chi connectivity index (χ3n) is 6.36. The third-order valence-corrected chi connectivity index (χ3v) is 6.36. The molecule has 0 radical (unpaired) electrons. The Morgan fingerprint density at radius 2 is 1.59 bits per heavy atom. The maximum Gasteiger partial charge on any atom is 0.322 e. The van der Waals surface area contributed by atoms with Crippen molar-refractivity contribution in [3.05, 3.63) is 71.5 Å². The van der Waals surface area contributed by atoms with Crippen LogP contribution in [0.25, 0.3) is 11.1 Å². The van der Waals surface area contributed by atoms with Crippen molar-refractivity contribution < 1.29 is 24.6 Å². The number of nitrogens with one attached hydrogen (secondary N) is 1. The summed E-state index contributed by atoms with van der Waals surface area (Å²) in [6.07, 6.45) is 3.18. The van der Waals surface area contributed by atoms with E-state index in [0.717, 1.165) is 29.5 Å². The summed E-state index contributed by atoms with van der Waals surface area (Å²) in [6, 6.07) is 17.9. The van der Waals surface area contributed by atoms with Crippen LogP contribution in [0.2, 0.25) is 0 Å². The number of hydrogen-bond donors (Lipinski definition) is 3. The summed E-state index contributed by atoms with van der Waals surface area (Å²) in [4.78, 5) is 38.2. The number of rotatable bonds is 6. The molecule has 0 saturated heterocycles. The first-order chi connectivity index (χ1) is 15.4. The fraction of sp³-hybridized carbons (Fsp3) is 0.320. The van der Waals surface area contributed by atoms with Crippen molar-refractivity contribution in [2.75, 3.05) is 13.1 Å². The van der Waals surface area contributed by atoms with Crippen LogP contribution in [-0.2, 0) is 20.9 Å². The normalized spacial score (nSPS) is 17.6. The molecular formula is C25H26N2O5. The number of benzene rings is 2. The number of carboxylic acids is 1. The van der Waals surface area contributed by atoms with E-state index >= 15 is 0 Å². The van der Waals surface area contributed by atoms with Gasteiger partial charge in [-0.3, -0.25) is 14.4 Å². The summed E-state index contributed by atoms with van der Waals surface area (Å²) in [7, 11) is 0. The van der Waals surface area contributed by atoms with Gasteiger partial charge >= 0.3 is 5.97 Å². The Bertz CT molecular complexity index is 1050. The number of nitrogens with zero attached hydrogens (tertiary/aromatic N) is 1. The molecule has 1 spiro atoms. The van der Waals surface area contributed by atoms with Gasteiger partial charge in [-0.05, 0) is 29.5 Å². The lowest BCUT2D eigenvalue weighted by molar-refractivity contribution is -0.139. The predicted molar refractivity (Wildman–Crippen MR) is 118 cm³/mol. The Labute approximate surface area is 186 Å². The van der Waals surface area contributed by atoms with Crippen molar-refractivity contribution in [1.29, 1.82) is 0 Å². The second-order valence-electron chi connectivity index (χ2n) is 8.51. The number of aliphatic hydroxyl groups excluding tert-OH is 1. The maximum absolute atomic E-state index is 13.2. The van der Waals surface area contributed by atoms with Crippen molar-refractivity contribution in [2.24, 2.45) is 5.41 Å². The number of carbonyl (C=O) groups excluding carboxylic acids is 2. The Kier molecular flexibility index (Phi) is 5.99. The number of carboxylic acid groups (broad SMARTS) is 1. The molecule has 1 aliphatic heterocycles. The largest absolute Gasteiger partial charge is 0.511 e. The minimum absolute atomic E-state index is 0.196. The monoisotopic (exact) mass is 434 g/mol. The molecule has 166 valence electrons. The van der Waals surface area contributed by atoms with E-state index < -0.39 is 29.7 Å². The van der Waals surface area contributed by atoms with Crippen LogP contribution < -0.4 is 5.32 Å². The van der Waals surface area contributed by atoms with E-state index in [9.17, 15) is 19.5 Å². The zero-order valence-corrected chi connectivity index (χ0v) is 17.7. The first-order valence-corrected chi connectivity index (χ1v) is 10.8. The van der Waals surface area contributed by atoms with Gasteiger partial charge < -0.3 is 20.4 Å². The van der Waals surface area contributed by atoms with E-state index in [0.29, 0.717) is 25.9 Å². The lowest BCUT2D eigenvalue weighted by Gasteiger charge is -2.40. The van der Waals surface area contributed by atoms with Gasteiger partial charge in [-0.15, -0.1) is 0 Å². The molecule has 0 aromatic heterocycles. The molecule has 2 aromatic rings. The molecule has 0 unspecified atom stereocenters. The van der Waals surface area contributed by atoms with E-state index in [1.165, 1.54) is 0 Å². The Balaban J connectivity index is 1.58. The number of aliphatic carboxylic acids is 1. The summed E-state index contributed by atoms with van der Waals surface area (Å²) < 4.78 is 0. The summed E-state index contributed by atoms with van der Waals surface area (Å²) in [5, 5.41) is 22.0. The highest BCUT2D eigenvalue weighted by Gasteiger charge is 2.48. The summed E-state index contributed by atoms with van der Waals surface area (Å²) in [5.41, 5.74) is 2.10. The number of amides is 2. The van der Waals surface area contributed by atoms with Crippen LogP contribution >= 0.6 is 0 Å². The van der Waals surface area contributed by atoms with Crippen molar-refractivity contribution in [1.82, 2.24) is 10.2 Å². The number of aliphatic hydroxyl groups is 1. The van der Waals surface area contributed by atoms with Gasteiger partial charge in [0.05, 0.1) is 0 Å². The molecule has 2 aliphatic rings. The molecule has 2 amide bonds. The average molecular weight is 434 g/mol. The zero-order chi connectivity index (χ0) is 22.7.